The van der Waals surface area contributed by atoms with Gasteiger partial charge in [0.05, 0.1) is 6.61 Å². The van der Waals surface area contributed by atoms with Gasteiger partial charge in [0.2, 0.25) is 0 Å². The number of aromatic nitrogens is 2. The van der Waals surface area contributed by atoms with E-state index in [1.165, 1.54) is 0 Å². The third-order valence-corrected chi connectivity index (χ3v) is 3.57. The number of rotatable bonds is 8. The minimum atomic E-state index is 0.743. The smallest absolute Gasteiger partial charge is 0.133 e. The topological polar surface area (TPSA) is 47.0 Å². The van der Waals surface area contributed by atoms with Crippen LogP contribution >= 0.6 is 11.8 Å². The van der Waals surface area contributed by atoms with E-state index in [9.17, 15) is 0 Å². The lowest BCUT2D eigenvalue weighted by Gasteiger charge is -2.12. The third kappa shape index (κ3) is 4.46. The molecule has 4 nitrogen and oxygen atoms in total. The van der Waals surface area contributed by atoms with Crippen molar-refractivity contribution in [2.24, 2.45) is 0 Å². The van der Waals surface area contributed by atoms with Gasteiger partial charge in [0.15, 0.2) is 0 Å². The SMILES string of the molecule is CCCNc1nc(CC)nc(SCCOC)c1C. The van der Waals surface area contributed by atoms with Crippen molar-refractivity contribution in [1.29, 1.82) is 0 Å². The summed E-state index contributed by atoms with van der Waals surface area (Å²) in [5.74, 6) is 2.80. The summed E-state index contributed by atoms with van der Waals surface area (Å²) in [5, 5.41) is 4.44. The Balaban J connectivity index is 2.85. The molecule has 1 aromatic rings. The maximum atomic E-state index is 5.08. The lowest BCUT2D eigenvalue weighted by molar-refractivity contribution is 0.218. The predicted molar refractivity (Wildman–Crippen MR) is 77.5 cm³/mol. The Morgan fingerprint density at radius 1 is 1.28 bits per heavy atom. The summed E-state index contributed by atoms with van der Waals surface area (Å²) < 4.78 is 5.08. The second-order valence-corrected chi connectivity index (χ2v) is 5.12. The van der Waals surface area contributed by atoms with Crippen LogP contribution in [0.15, 0.2) is 5.03 Å². The van der Waals surface area contributed by atoms with Crippen molar-refractivity contribution in [2.45, 2.75) is 38.6 Å². The number of hydrogen-bond donors (Lipinski definition) is 1. The molecule has 5 heteroatoms. The number of anilines is 1. The standard InChI is InChI=1S/C13H23N3OS/c1-5-7-14-12-10(3)13(18-9-8-17-4)16-11(6-2)15-12/h5-9H2,1-4H3,(H,14,15,16). The highest BCUT2D eigenvalue weighted by atomic mass is 32.2. The van der Waals surface area contributed by atoms with Crippen LogP contribution < -0.4 is 5.32 Å². The van der Waals surface area contributed by atoms with Crippen molar-refractivity contribution in [2.75, 3.05) is 31.3 Å². The molecule has 0 radical (unpaired) electrons. The lowest BCUT2D eigenvalue weighted by atomic mass is 10.3. The van der Waals surface area contributed by atoms with E-state index < -0.39 is 0 Å². The zero-order valence-electron chi connectivity index (χ0n) is 11.7. The molecule has 1 rings (SSSR count). The van der Waals surface area contributed by atoms with Gasteiger partial charge in [-0.1, -0.05) is 13.8 Å². The second kappa shape index (κ2) is 8.32. The van der Waals surface area contributed by atoms with E-state index in [1.807, 2.05) is 0 Å². The van der Waals surface area contributed by atoms with Crippen molar-refractivity contribution in [3.05, 3.63) is 11.4 Å². The molecular weight excluding hydrogens is 246 g/mol. The van der Waals surface area contributed by atoms with E-state index in [-0.39, 0.29) is 0 Å². The zero-order chi connectivity index (χ0) is 13.4. The summed E-state index contributed by atoms with van der Waals surface area (Å²) in [4.78, 5) is 9.14. The number of nitrogens with zero attached hydrogens (tertiary/aromatic N) is 2. The normalized spacial score (nSPS) is 10.7. The van der Waals surface area contributed by atoms with E-state index in [4.69, 9.17) is 4.74 Å². The molecule has 0 saturated carbocycles. The third-order valence-electron chi connectivity index (χ3n) is 2.53. The molecule has 18 heavy (non-hydrogen) atoms. The number of thioether (sulfide) groups is 1. The van der Waals surface area contributed by atoms with Gasteiger partial charge in [-0.3, -0.25) is 0 Å². The quantitative estimate of drug-likeness (QED) is 0.447. The maximum Gasteiger partial charge on any atom is 0.133 e. The maximum absolute atomic E-state index is 5.08. The Labute approximate surface area is 114 Å². The first-order valence-corrected chi connectivity index (χ1v) is 7.44. The zero-order valence-corrected chi connectivity index (χ0v) is 12.6. The summed E-state index contributed by atoms with van der Waals surface area (Å²) in [6, 6.07) is 0. The Hall–Kier alpha value is -0.810. The van der Waals surface area contributed by atoms with Crippen molar-refractivity contribution < 1.29 is 4.74 Å². The first-order valence-electron chi connectivity index (χ1n) is 6.46. The van der Waals surface area contributed by atoms with Gasteiger partial charge in [-0.05, 0) is 13.3 Å². The number of methoxy groups -OCH3 is 1. The molecule has 102 valence electrons. The van der Waals surface area contributed by atoms with Crippen molar-refractivity contribution in [3.8, 4) is 0 Å². The Kier molecular flexibility index (Phi) is 7.05. The number of aryl methyl sites for hydroxylation is 1. The van der Waals surface area contributed by atoms with Gasteiger partial charge in [0.1, 0.15) is 16.7 Å². The highest BCUT2D eigenvalue weighted by molar-refractivity contribution is 7.99. The van der Waals surface area contributed by atoms with Crippen LogP contribution in [0, 0.1) is 6.92 Å². The molecule has 0 fully saturated rings. The number of hydrogen-bond acceptors (Lipinski definition) is 5. The fourth-order valence-electron chi connectivity index (χ4n) is 1.48. The van der Waals surface area contributed by atoms with Gasteiger partial charge in [-0.25, -0.2) is 9.97 Å². The first kappa shape index (κ1) is 15.2. The van der Waals surface area contributed by atoms with Crippen molar-refractivity contribution >= 4 is 17.6 Å². The molecule has 0 unspecified atom stereocenters. The lowest BCUT2D eigenvalue weighted by Crippen LogP contribution is -2.08. The molecule has 1 heterocycles. The fraction of sp³-hybridized carbons (Fsp3) is 0.692. The van der Waals surface area contributed by atoms with Gasteiger partial charge in [-0.15, -0.1) is 11.8 Å². The molecule has 0 aromatic carbocycles. The van der Waals surface area contributed by atoms with E-state index >= 15 is 0 Å². The van der Waals surface area contributed by atoms with Gasteiger partial charge in [0.25, 0.3) is 0 Å². The van der Waals surface area contributed by atoms with Crippen LogP contribution in [0.1, 0.15) is 31.7 Å². The largest absolute Gasteiger partial charge is 0.384 e. The van der Waals surface area contributed by atoms with Crippen LogP contribution in [0.4, 0.5) is 5.82 Å². The number of ether oxygens (including phenoxy) is 1. The molecular formula is C13H23N3OS. The Morgan fingerprint density at radius 3 is 2.67 bits per heavy atom. The van der Waals surface area contributed by atoms with Crippen LogP contribution in [0.5, 0.6) is 0 Å². The minimum Gasteiger partial charge on any atom is -0.384 e. The van der Waals surface area contributed by atoms with Gasteiger partial charge in [-0.2, -0.15) is 0 Å². The van der Waals surface area contributed by atoms with Crippen molar-refractivity contribution in [1.82, 2.24) is 9.97 Å². The minimum absolute atomic E-state index is 0.743. The molecule has 0 amide bonds. The highest BCUT2D eigenvalue weighted by Gasteiger charge is 2.10. The highest BCUT2D eigenvalue weighted by Crippen LogP contribution is 2.25. The summed E-state index contributed by atoms with van der Waals surface area (Å²) in [6.45, 7) is 8.00. The van der Waals surface area contributed by atoms with E-state index in [0.29, 0.717) is 0 Å². The Morgan fingerprint density at radius 2 is 2.06 bits per heavy atom. The van der Waals surface area contributed by atoms with Gasteiger partial charge in [0, 0.05) is 31.4 Å². The molecule has 0 spiro atoms. The van der Waals surface area contributed by atoms with Gasteiger partial charge >= 0.3 is 0 Å². The molecule has 0 saturated heterocycles. The summed E-state index contributed by atoms with van der Waals surface area (Å²) in [6.07, 6.45) is 1.95. The summed E-state index contributed by atoms with van der Waals surface area (Å²) in [7, 11) is 1.72. The van der Waals surface area contributed by atoms with Crippen LogP contribution in [0.25, 0.3) is 0 Å². The van der Waals surface area contributed by atoms with Crippen LogP contribution in [0.3, 0.4) is 0 Å². The Bertz CT molecular complexity index is 371. The summed E-state index contributed by atoms with van der Waals surface area (Å²) in [5.41, 5.74) is 1.14. The molecule has 0 bridgehead atoms. The van der Waals surface area contributed by atoms with E-state index in [0.717, 1.165) is 54.0 Å². The predicted octanol–water partition coefficient (Wildman–Crippen LogP) is 2.91. The van der Waals surface area contributed by atoms with Crippen LogP contribution in [0.2, 0.25) is 0 Å². The van der Waals surface area contributed by atoms with E-state index in [1.54, 1.807) is 18.9 Å². The molecule has 0 aliphatic carbocycles. The van der Waals surface area contributed by atoms with Crippen LogP contribution in [-0.4, -0.2) is 36.0 Å². The molecule has 0 atom stereocenters. The molecule has 1 aromatic heterocycles. The van der Waals surface area contributed by atoms with Crippen LogP contribution in [-0.2, 0) is 11.2 Å². The average molecular weight is 269 g/mol. The van der Waals surface area contributed by atoms with Crippen molar-refractivity contribution in [3.63, 3.8) is 0 Å². The molecule has 1 N–H and O–H groups in total. The average Bonchev–Trinajstić information content (AvgIpc) is 2.39. The van der Waals surface area contributed by atoms with E-state index in [2.05, 4.69) is 36.1 Å². The summed E-state index contributed by atoms with van der Waals surface area (Å²) >= 11 is 1.73. The monoisotopic (exact) mass is 269 g/mol. The molecule has 0 aliphatic heterocycles. The first-order chi connectivity index (χ1) is 8.72. The number of nitrogens with one attached hydrogen (secondary N) is 1. The fourth-order valence-corrected chi connectivity index (χ4v) is 2.40. The van der Waals surface area contributed by atoms with Gasteiger partial charge < -0.3 is 10.1 Å². The second-order valence-electron chi connectivity index (χ2n) is 4.04. The molecule has 0 aliphatic rings.